The summed E-state index contributed by atoms with van der Waals surface area (Å²) in [5.74, 6) is 1.06. The lowest BCUT2D eigenvalue weighted by atomic mass is 9.61. The first-order valence-electron chi connectivity index (χ1n) is 5.24. The molecular formula is C13H19N. The quantitative estimate of drug-likeness (QED) is 0.456. The Balaban J connectivity index is 2.92. The molecule has 2 atom stereocenters. The predicted molar refractivity (Wildman–Crippen MR) is 59.6 cm³/mol. The maximum Gasteiger partial charge on any atom is 0.0908 e. The lowest BCUT2D eigenvalue weighted by molar-refractivity contribution is 0.141. The minimum absolute atomic E-state index is 0.239. The molecule has 1 rings (SSSR count). The van der Waals surface area contributed by atoms with Gasteiger partial charge >= 0.3 is 0 Å². The zero-order valence-corrected chi connectivity index (χ0v) is 9.38. The van der Waals surface area contributed by atoms with Crippen LogP contribution in [0.2, 0.25) is 0 Å². The van der Waals surface area contributed by atoms with Crippen LogP contribution in [-0.4, -0.2) is 0 Å². The van der Waals surface area contributed by atoms with E-state index >= 15 is 0 Å². The van der Waals surface area contributed by atoms with Crippen LogP contribution in [-0.2, 0) is 0 Å². The summed E-state index contributed by atoms with van der Waals surface area (Å²) in [7, 11) is 0. The predicted octanol–water partition coefficient (Wildman–Crippen LogP) is 3.69. The summed E-state index contributed by atoms with van der Waals surface area (Å²) < 4.78 is 0. The second kappa shape index (κ2) is 4.00. The Labute approximate surface area is 87.1 Å². The van der Waals surface area contributed by atoms with Crippen molar-refractivity contribution in [2.24, 2.45) is 17.3 Å². The third-order valence-corrected chi connectivity index (χ3v) is 3.77. The highest BCUT2D eigenvalue weighted by atomic mass is 14.4. The van der Waals surface area contributed by atoms with E-state index in [1.807, 2.05) is 6.08 Å². The summed E-state index contributed by atoms with van der Waals surface area (Å²) in [6.07, 6.45) is 5.93. The number of hydrogen-bond acceptors (Lipinski definition) is 1. The van der Waals surface area contributed by atoms with Crippen LogP contribution in [0.5, 0.6) is 0 Å². The van der Waals surface area contributed by atoms with Gasteiger partial charge in [0.1, 0.15) is 0 Å². The fourth-order valence-electron chi connectivity index (χ4n) is 2.29. The van der Waals surface area contributed by atoms with Crippen molar-refractivity contribution in [1.29, 1.82) is 5.26 Å². The topological polar surface area (TPSA) is 23.8 Å². The Morgan fingerprint density at radius 1 is 1.57 bits per heavy atom. The Morgan fingerprint density at radius 2 is 2.21 bits per heavy atom. The van der Waals surface area contributed by atoms with Gasteiger partial charge in [-0.25, -0.2) is 0 Å². The van der Waals surface area contributed by atoms with Gasteiger partial charge in [0, 0.05) is 12.0 Å². The van der Waals surface area contributed by atoms with Crippen LogP contribution in [0.25, 0.3) is 0 Å². The van der Waals surface area contributed by atoms with E-state index in [0.29, 0.717) is 11.8 Å². The monoisotopic (exact) mass is 189 g/mol. The lowest BCUT2D eigenvalue weighted by Crippen LogP contribution is -2.35. The molecule has 0 spiro atoms. The highest BCUT2D eigenvalue weighted by Crippen LogP contribution is 2.47. The van der Waals surface area contributed by atoms with Crippen molar-refractivity contribution in [3.05, 3.63) is 24.3 Å². The van der Waals surface area contributed by atoms with Gasteiger partial charge in [0.05, 0.1) is 6.07 Å². The maximum atomic E-state index is 8.55. The second-order valence-electron chi connectivity index (χ2n) is 4.89. The van der Waals surface area contributed by atoms with Gasteiger partial charge in [0.15, 0.2) is 0 Å². The molecular weight excluding hydrogens is 170 g/mol. The molecule has 0 heterocycles. The first-order valence-corrected chi connectivity index (χ1v) is 5.24. The van der Waals surface area contributed by atoms with Crippen LogP contribution < -0.4 is 0 Å². The van der Waals surface area contributed by atoms with Gasteiger partial charge in [-0.05, 0) is 24.2 Å². The van der Waals surface area contributed by atoms with Gasteiger partial charge < -0.3 is 0 Å². The van der Waals surface area contributed by atoms with Gasteiger partial charge in [-0.1, -0.05) is 39.0 Å². The van der Waals surface area contributed by atoms with Gasteiger partial charge in [0.2, 0.25) is 0 Å². The largest absolute Gasteiger partial charge is 0.193 e. The van der Waals surface area contributed by atoms with Gasteiger partial charge in [-0.2, -0.15) is 5.26 Å². The third-order valence-electron chi connectivity index (χ3n) is 3.77. The van der Waals surface area contributed by atoms with E-state index in [2.05, 4.69) is 33.4 Å². The zero-order valence-electron chi connectivity index (χ0n) is 9.38. The molecule has 0 aromatic carbocycles. The third kappa shape index (κ3) is 1.90. The number of nitrogens with zero attached hydrogens (tertiary/aromatic N) is 1. The summed E-state index contributed by atoms with van der Waals surface area (Å²) in [4.78, 5) is 0. The summed E-state index contributed by atoms with van der Waals surface area (Å²) in [5.41, 5.74) is 1.52. The average molecular weight is 189 g/mol. The van der Waals surface area contributed by atoms with E-state index in [9.17, 15) is 0 Å². The zero-order chi connectivity index (χ0) is 10.8. The fraction of sp³-hybridized carbons (Fsp3) is 0.615. The second-order valence-corrected chi connectivity index (χ2v) is 4.89. The molecule has 1 aliphatic carbocycles. The number of hydrogen-bond donors (Lipinski definition) is 0. The molecule has 0 bridgehead atoms. The SMILES string of the molecule is C=C1CC[C@@H](C)C(C)(C)[C@H]1/C=C/C#N. The summed E-state index contributed by atoms with van der Waals surface area (Å²) in [6, 6.07) is 2.07. The Hall–Kier alpha value is -1.03. The van der Waals surface area contributed by atoms with Gasteiger partial charge in [0.25, 0.3) is 0 Å². The average Bonchev–Trinajstić information content (AvgIpc) is 2.12. The highest BCUT2D eigenvalue weighted by molar-refractivity contribution is 5.20. The van der Waals surface area contributed by atoms with E-state index in [4.69, 9.17) is 5.26 Å². The molecule has 1 saturated carbocycles. The molecule has 0 radical (unpaired) electrons. The standard InChI is InChI=1S/C13H19N/c1-10-7-8-11(2)13(3,4)12(10)6-5-9-14/h5-6,11-12H,1,7-8H2,2-4H3/b6-5+/t11-,12+/m1/s1. The molecule has 14 heavy (non-hydrogen) atoms. The Morgan fingerprint density at radius 3 is 2.79 bits per heavy atom. The van der Waals surface area contributed by atoms with Crippen LogP contribution >= 0.6 is 0 Å². The van der Waals surface area contributed by atoms with Crippen LogP contribution in [0.4, 0.5) is 0 Å². The van der Waals surface area contributed by atoms with Crippen LogP contribution in [0.15, 0.2) is 24.3 Å². The first kappa shape index (κ1) is 11.0. The molecule has 1 fully saturated rings. The number of nitriles is 1. The molecule has 0 aliphatic heterocycles. The van der Waals surface area contributed by atoms with Crippen LogP contribution in [0.1, 0.15) is 33.6 Å². The van der Waals surface area contributed by atoms with Crippen molar-refractivity contribution in [3.8, 4) is 6.07 Å². The summed E-state index contributed by atoms with van der Waals surface area (Å²) in [5, 5.41) is 8.55. The molecule has 0 unspecified atom stereocenters. The molecule has 0 aromatic heterocycles. The molecule has 1 heteroatoms. The normalized spacial score (nSPS) is 31.7. The molecule has 0 amide bonds. The number of rotatable bonds is 1. The summed E-state index contributed by atoms with van der Waals surface area (Å²) in [6.45, 7) is 11.0. The molecule has 1 nitrogen and oxygen atoms in total. The van der Waals surface area contributed by atoms with Gasteiger partial charge in [-0.3, -0.25) is 0 Å². The first-order chi connectivity index (χ1) is 6.50. The minimum Gasteiger partial charge on any atom is -0.193 e. The molecule has 1 aliphatic rings. The van der Waals surface area contributed by atoms with E-state index in [1.165, 1.54) is 12.0 Å². The highest BCUT2D eigenvalue weighted by Gasteiger charge is 2.38. The van der Waals surface area contributed by atoms with E-state index in [-0.39, 0.29) is 5.41 Å². The van der Waals surface area contributed by atoms with Crippen molar-refractivity contribution in [2.45, 2.75) is 33.6 Å². The smallest absolute Gasteiger partial charge is 0.0908 e. The Bertz CT molecular complexity index is 291. The molecule has 0 aromatic rings. The van der Waals surface area contributed by atoms with E-state index < -0.39 is 0 Å². The molecule has 0 saturated heterocycles. The van der Waals surface area contributed by atoms with Crippen LogP contribution in [0.3, 0.4) is 0 Å². The fourth-order valence-corrected chi connectivity index (χ4v) is 2.29. The molecule has 0 N–H and O–H groups in total. The van der Waals surface area contributed by atoms with Crippen molar-refractivity contribution >= 4 is 0 Å². The number of allylic oxidation sites excluding steroid dienone is 3. The summed E-state index contributed by atoms with van der Waals surface area (Å²) >= 11 is 0. The van der Waals surface area contributed by atoms with Gasteiger partial charge in [-0.15, -0.1) is 0 Å². The van der Waals surface area contributed by atoms with E-state index in [0.717, 1.165) is 6.42 Å². The van der Waals surface area contributed by atoms with Crippen molar-refractivity contribution in [1.82, 2.24) is 0 Å². The molecule has 76 valence electrons. The Kier molecular flexibility index (Phi) is 3.16. The van der Waals surface area contributed by atoms with Crippen molar-refractivity contribution < 1.29 is 0 Å². The lowest BCUT2D eigenvalue weighted by Gasteiger charge is -2.43. The minimum atomic E-state index is 0.239. The maximum absolute atomic E-state index is 8.55. The van der Waals surface area contributed by atoms with Crippen molar-refractivity contribution in [2.75, 3.05) is 0 Å². The van der Waals surface area contributed by atoms with E-state index in [1.54, 1.807) is 6.08 Å². The van der Waals surface area contributed by atoms with Crippen molar-refractivity contribution in [3.63, 3.8) is 0 Å². The van der Waals surface area contributed by atoms with Crippen LogP contribution in [0, 0.1) is 28.6 Å².